The van der Waals surface area contributed by atoms with Gasteiger partial charge >= 0.3 is 0 Å². The van der Waals surface area contributed by atoms with Crippen molar-refractivity contribution in [1.82, 2.24) is 9.88 Å². The lowest BCUT2D eigenvalue weighted by Crippen LogP contribution is -2.23. The minimum Gasteiger partial charge on any atom is -0.370 e. The van der Waals surface area contributed by atoms with E-state index in [9.17, 15) is 0 Å². The lowest BCUT2D eigenvalue weighted by Gasteiger charge is -2.25. The fourth-order valence-electron chi connectivity index (χ4n) is 2.73. The van der Waals surface area contributed by atoms with Gasteiger partial charge in [-0.05, 0) is 43.9 Å². The molecule has 0 radical (unpaired) electrons. The minimum atomic E-state index is 0.485. The number of aryl methyl sites for hydroxylation is 1. The Morgan fingerprint density at radius 3 is 2.33 bits per heavy atom. The van der Waals surface area contributed by atoms with Crippen molar-refractivity contribution in [2.24, 2.45) is 0 Å². The molecule has 1 aromatic rings. The van der Waals surface area contributed by atoms with Crippen LogP contribution in [0.5, 0.6) is 0 Å². The summed E-state index contributed by atoms with van der Waals surface area (Å²) >= 11 is 0. The van der Waals surface area contributed by atoms with Crippen LogP contribution < -0.4 is 0 Å². The molecular weight excluding hydrogens is 258 g/mol. The van der Waals surface area contributed by atoms with Crippen LogP contribution in [0.3, 0.4) is 0 Å². The average Bonchev–Trinajstić information content (AvgIpc) is 2.74. The lowest BCUT2D eigenvalue weighted by molar-refractivity contribution is 0.412. The van der Waals surface area contributed by atoms with Crippen LogP contribution in [0.2, 0.25) is 0 Å². The topological polar surface area (TPSA) is 40.0 Å². The Hall–Kier alpha value is -1.90. The normalized spacial score (nSPS) is 15.4. The monoisotopic (exact) mass is 283 g/mol. The van der Waals surface area contributed by atoms with Crippen LogP contribution in [0.4, 0.5) is 0 Å². The number of aromatic nitrogens is 1. The van der Waals surface area contributed by atoms with Crippen molar-refractivity contribution in [2.75, 3.05) is 13.1 Å². The third-order valence-corrected chi connectivity index (χ3v) is 4.17. The summed E-state index contributed by atoms with van der Waals surface area (Å²) < 4.78 is 0. The van der Waals surface area contributed by atoms with Crippen molar-refractivity contribution in [1.29, 1.82) is 5.41 Å². The molecule has 1 N–H and O–H groups in total. The van der Waals surface area contributed by atoms with Crippen LogP contribution >= 0.6 is 0 Å². The first kappa shape index (κ1) is 15.5. The van der Waals surface area contributed by atoms with Crippen LogP contribution in [-0.4, -0.2) is 28.7 Å². The van der Waals surface area contributed by atoms with Gasteiger partial charge in [-0.1, -0.05) is 26.0 Å². The van der Waals surface area contributed by atoms with Crippen LogP contribution in [0.25, 0.3) is 11.3 Å². The van der Waals surface area contributed by atoms with Gasteiger partial charge in [-0.3, -0.25) is 4.98 Å². The maximum atomic E-state index is 7.70. The van der Waals surface area contributed by atoms with E-state index in [0.29, 0.717) is 5.71 Å². The summed E-state index contributed by atoms with van der Waals surface area (Å²) in [6.07, 6.45) is 6.93. The highest BCUT2D eigenvalue weighted by Gasteiger charge is 2.15. The SMILES string of the molecule is C=C(C(C)=N)c1cnc(C(=C)N2CCCCCC2)cc1C. The summed E-state index contributed by atoms with van der Waals surface area (Å²) in [6, 6.07) is 2.07. The molecule has 0 amide bonds. The van der Waals surface area contributed by atoms with E-state index in [4.69, 9.17) is 5.41 Å². The van der Waals surface area contributed by atoms with Gasteiger partial charge < -0.3 is 10.3 Å². The van der Waals surface area contributed by atoms with Gasteiger partial charge in [0.1, 0.15) is 0 Å². The number of hydrogen-bond acceptors (Lipinski definition) is 3. The number of likely N-dealkylation sites (tertiary alicyclic amines) is 1. The molecule has 1 aliphatic rings. The van der Waals surface area contributed by atoms with E-state index in [0.717, 1.165) is 41.2 Å². The van der Waals surface area contributed by atoms with Crippen molar-refractivity contribution in [2.45, 2.75) is 39.5 Å². The van der Waals surface area contributed by atoms with E-state index >= 15 is 0 Å². The molecule has 0 unspecified atom stereocenters. The molecule has 0 saturated carbocycles. The van der Waals surface area contributed by atoms with Crippen molar-refractivity contribution in [3.05, 3.63) is 42.2 Å². The van der Waals surface area contributed by atoms with Gasteiger partial charge in [-0.25, -0.2) is 0 Å². The smallest absolute Gasteiger partial charge is 0.0860 e. The maximum absolute atomic E-state index is 7.70. The third-order valence-electron chi connectivity index (χ3n) is 4.17. The highest BCUT2D eigenvalue weighted by molar-refractivity contribution is 6.20. The molecule has 3 nitrogen and oxygen atoms in total. The summed E-state index contributed by atoms with van der Waals surface area (Å²) in [5.74, 6) is 0. The van der Waals surface area contributed by atoms with Gasteiger partial charge in [0, 0.05) is 30.6 Å². The molecule has 1 fully saturated rings. The number of nitrogens with one attached hydrogen (secondary N) is 1. The first-order valence-electron chi connectivity index (χ1n) is 7.66. The number of nitrogens with zero attached hydrogens (tertiary/aromatic N) is 2. The Labute approximate surface area is 127 Å². The summed E-state index contributed by atoms with van der Waals surface area (Å²) in [5.41, 5.74) is 5.24. The fourth-order valence-corrected chi connectivity index (χ4v) is 2.73. The Bertz CT molecular complexity index is 564. The number of hydrogen-bond donors (Lipinski definition) is 1. The number of pyridine rings is 1. The third kappa shape index (κ3) is 3.60. The molecule has 1 saturated heterocycles. The number of allylic oxidation sites excluding steroid dienone is 1. The van der Waals surface area contributed by atoms with Crippen molar-refractivity contribution < 1.29 is 0 Å². The first-order valence-corrected chi connectivity index (χ1v) is 7.66. The Kier molecular flexibility index (Phi) is 4.94. The molecule has 21 heavy (non-hydrogen) atoms. The van der Waals surface area contributed by atoms with Gasteiger partial charge in [0.15, 0.2) is 0 Å². The molecule has 1 aliphatic heterocycles. The van der Waals surface area contributed by atoms with Crippen LogP contribution in [0, 0.1) is 12.3 Å². The molecule has 112 valence electrons. The van der Waals surface area contributed by atoms with Crippen LogP contribution in [0.15, 0.2) is 25.4 Å². The molecule has 0 atom stereocenters. The second-order valence-corrected chi connectivity index (χ2v) is 5.84. The maximum Gasteiger partial charge on any atom is 0.0860 e. The van der Waals surface area contributed by atoms with E-state index in [2.05, 4.69) is 29.1 Å². The van der Waals surface area contributed by atoms with E-state index in [1.807, 2.05) is 13.1 Å². The van der Waals surface area contributed by atoms with Gasteiger partial charge in [-0.15, -0.1) is 0 Å². The van der Waals surface area contributed by atoms with Crippen LogP contribution in [-0.2, 0) is 0 Å². The summed E-state index contributed by atoms with van der Waals surface area (Å²) in [4.78, 5) is 6.90. The zero-order valence-corrected chi connectivity index (χ0v) is 13.2. The molecule has 1 aromatic heterocycles. The van der Waals surface area contributed by atoms with Crippen molar-refractivity contribution in [3.63, 3.8) is 0 Å². The van der Waals surface area contributed by atoms with E-state index < -0.39 is 0 Å². The summed E-state index contributed by atoms with van der Waals surface area (Å²) in [7, 11) is 0. The zero-order valence-electron chi connectivity index (χ0n) is 13.2. The van der Waals surface area contributed by atoms with Gasteiger partial charge in [-0.2, -0.15) is 0 Å². The number of rotatable bonds is 4. The Morgan fingerprint density at radius 1 is 1.19 bits per heavy atom. The zero-order chi connectivity index (χ0) is 15.4. The van der Waals surface area contributed by atoms with E-state index in [-0.39, 0.29) is 0 Å². The molecular formula is C18H25N3. The molecule has 0 aromatic carbocycles. The van der Waals surface area contributed by atoms with E-state index in [1.54, 1.807) is 6.92 Å². The van der Waals surface area contributed by atoms with E-state index in [1.165, 1.54) is 25.7 Å². The second-order valence-electron chi connectivity index (χ2n) is 5.84. The lowest BCUT2D eigenvalue weighted by atomic mass is 10.00. The van der Waals surface area contributed by atoms with Gasteiger partial charge in [0.25, 0.3) is 0 Å². The fraction of sp³-hybridized carbons (Fsp3) is 0.444. The molecule has 0 bridgehead atoms. The predicted molar refractivity (Wildman–Crippen MR) is 90.5 cm³/mol. The Morgan fingerprint density at radius 2 is 1.81 bits per heavy atom. The Balaban J connectivity index is 2.21. The van der Waals surface area contributed by atoms with Gasteiger partial charge in [0.2, 0.25) is 0 Å². The largest absolute Gasteiger partial charge is 0.370 e. The quantitative estimate of drug-likeness (QED) is 0.837. The minimum absolute atomic E-state index is 0.485. The predicted octanol–water partition coefficient (Wildman–Crippen LogP) is 4.29. The molecule has 3 heteroatoms. The molecule has 2 heterocycles. The first-order chi connectivity index (χ1) is 10.0. The second kappa shape index (κ2) is 6.70. The highest BCUT2D eigenvalue weighted by Crippen LogP contribution is 2.24. The van der Waals surface area contributed by atoms with Crippen molar-refractivity contribution in [3.8, 4) is 0 Å². The molecule has 0 aliphatic carbocycles. The average molecular weight is 283 g/mol. The summed E-state index contributed by atoms with van der Waals surface area (Å²) in [6.45, 7) is 14.2. The van der Waals surface area contributed by atoms with Crippen molar-refractivity contribution >= 4 is 17.0 Å². The highest BCUT2D eigenvalue weighted by atomic mass is 15.1. The summed E-state index contributed by atoms with van der Waals surface area (Å²) in [5, 5.41) is 7.70. The van der Waals surface area contributed by atoms with Gasteiger partial charge in [0.05, 0.1) is 11.4 Å². The molecule has 2 rings (SSSR count). The molecule has 0 spiro atoms. The van der Waals surface area contributed by atoms with Crippen LogP contribution in [0.1, 0.15) is 49.4 Å². The standard InChI is InChI=1S/C18H25N3/c1-13-11-18(20-12-17(13)14(2)15(3)19)16(4)21-9-7-5-6-8-10-21/h11-12,19H,2,4-10H2,1,3H3.